The van der Waals surface area contributed by atoms with E-state index in [4.69, 9.17) is 0 Å². The fraction of sp³-hybridized carbons (Fsp3) is 0.833. The summed E-state index contributed by atoms with van der Waals surface area (Å²) < 4.78 is 38.7. The van der Waals surface area contributed by atoms with Crippen molar-refractivity contribution >= 4 is 11.8 Å². The standard InChI is InChI=1S/C12H17F3N2O2/c13-12(14,15)7-3-1-2-4-8(7)16-9-5-6-10(18)17-11(9)19/h7-9,16H,1-6H2,(H,17,18,19). The summed E-state index contributed by atoms with van der Waals surface area (Å²) in [5.41, 5.74) is 0. The van der Waals surface area contributed by atoms with Gasteiger partial charge in [-0.25, -0.2) is 0 Å². The maximum absolute atomic E-state index is 12.9. The van der Waals surface area contributed by atoms with Gasteiger partial charge >= 0.3 is 6.18 Å². The molecule has 0 bridgehead atoms. The molecule has 2 aliphatic rings. The monoisotopic (exact) mass is 278 g/mol. The van der Waals surface area contributed by atoms with Crippen molar-refractivity contribution in [1.82, 2.24) is 10.6 Å². The Morgan fingerprint density at radius 1 is 1.11 bits per heavy atom. The van der Waals surface area contributed by atoms with E-state index in [9.17, 15) is 22.8 Å². The number of rotatable bonds is 2. The van der Waals surface area contributed by atoms with E-state index in [0.717, 1.165) is 6.42 Å². The van der Waals surface area contributed by atoms with E-state index in [-0.39, 0.29) is 25.2 Å². The van der Waals surface area contributed by atoms with Crippen LogP contribution in [0, 0.1) is 5.92 Å². The van der Waals surface area contributed by atoms with E-state index in [1.54, 1.807) is 0 Å². The maximum Gasteiger partial charge on any atom is 0.393 e. The lowest BCUT2D eigenvalue weighted by Crippen LogP contribution is -2.56. The highest BCUT2D eigenvalue weighted by Crippen LogP contribution is 2.38. The number of carbonyl (C=O) groups excluding carboxylic acids is 2. The Morgan fingerprint density at radius 2 is 1.79 bits per heavy atom. The van der Waals surface area contributed by atoms with Crippen LogP contribution >= 0.6 is 0 Å². The topological polar surface area (TPSA) is 58.2 Å². The predicted molar refractivity (Wildman–Crippen MR) is 61.1 cm³/mol. The Hall–Kier alpha value is -1.11. The van der Waals surface area contributed by atoms with Crippen molar-refractivity contribution in [3.05, 3.63) is 0 Å². The second kappa shape index (κ2) is 5.48. The molecule has 0 aromatic carbocycles. The average molecular weight is 278 g/mol. The lowest BCUT2D eigenvalue weighted by Gasteiger charge is -2.36. The van der Waals surface area contributed by atoms with Crippen molar-refractivity contribution in [3.8, 4) is 0 Å². The number of hydrogen-bond acceptors (Lipinski definition) is 3. The van der Waals surface area contributed by atoms with Crippen molar-refractivity contribution in [1.29, 1.82) is 0 Å². The summed E-state index contributed by atoms with van der Waals surface area (Å²) in [5, 5.41) is 4.95. The zero-order chi connectivity index (χ0) is 14.0. The van der Waals surface area contributed by atoms with Gasteiger partial charge < -0.3 is 5.32 Å². The summed E-state index contributed by atoms with van der Waals surface area (Å²) in [7, 11) is 0. The molecular formula is C12H17F3N2O2. The summed E-state index contributed by atoms with van der Waals surface area (Å²) in [6.45, 7) is 0. The van der Waals surface area contributed by atoms with E-state index >= 15 is 0 Å². The number of carbonyl (C=O) groups is 2. The largest absolute Gasteiger partial charge is 0.393 e. The van der Waals surface area contributed by atoms with Gasteiger partial charge in [0.15, 0.2) is 0 Å². The number of amides is 2. The first-order valence-corrected chi connectivity index (χ1v) is 6.54. The highest BCUT2D eigenvalue weighted by atomic mass is 19.4. The van der Waals surface area contributed by atoms with Crippen LogP contribution in [0.3, 0.4) is 0 Å². The lowest BCUT2D eigenvalue weighted by atomic mass is 9.83. The summed E-state index contributed by atoms with van der Waals surface area (Å²) in [4.78, 5) is 22.6. The molecule has 0 radical (unpaired) electrons. The Kier molecular flexibility index (Phi) is 4.13. The molecule has 19 heavy (non-hydrogen) atoms. The third-order valence-corrected chi connectivity index (χ3v) is 3.84. The van der Waals surface area contributed by atoms with Crippen LogP contribution in [0.15, 0.2) is 0 Å². The molecule has 2 rings (SSSR count). The van der Waals surface area contributed by atoms with Crippen molar-refractivity contribution < 1.29 is 22.8 Å². The van der Waals surface area contributed by atoms with Crippen LogP contribution in [0.1, 0.15) is 38.5 Å². The van der Waals surface area contributed by atoms with Gasteiger partial charge in [-0.1, -0.05) is 12.8 Å². The predicted octanol–water partition coefficient (Wildman–Crippen LogP) is 1.50. The molecular weight excluding hydrogens is 261 g/mol. The first-order valence-electron chi connectivity index (χ1n) is 6.54. The van der Waals surface area contributed by atoms with E-state index in [1.165, 1.54) is 0 Å². The Labute approximate surface area is 109 Å². The quantitative estimate of drug-likeness (QED) is 0.753. The fourth-order valence-corrected chi connectivity index (χ4v) is 2.83. The minimum absolute atomic E-state index is 0.106. The normalized spacial score (nSPS) is 33.1. The second-order valence-corrected chi connectivity index (χ2v) is 5.21. The van der Waals surface area contributed by atoms with E-state index in [0.29, 0.717) is 12.8 Å². The van der Waals surface area contributed by atoms with Crippen LogP contribution in [-0.4, -0.2) is 30.1 Å². The number of imide groups is 1. The molecule has 7 heteroatoms. The number of hydrogen-bond donors (Lipinski definition) is 2. The summed E-state index contributed by atoms with van der Waals surface area (Å²) in [6, 6.07) is -1.41. The van der Waals surface area contributed by atoms with Crippen LogP contribution in [0.25, 0.3) is 0 Å². The summed E-state index contributed by atoms with van der Waals surface area (Å²) >= 11 is 0. The third kappa shape index (κ3) is 3.46. The van der Waals surface area contributed by atoms with Crippen LogP contribution in [-0.2, 0) is 9.59 Å². The van der Waals surface area contributed by atoms with Gasteiger partial charge in [-0.2, -0.15) is 13.2 Å². The molecule has 2 amide bonds. The Bertz CT molecular complexity index is 370. The van der Waals surface area contributed by atoms with E-state index < -0.39 is 30.1 Å². The minimum Gasteiger partial charge on any atom is -0.302 e. The molecule has 2 N–H and O–H groups in total. The van der Waals surface area contributed by atoms with Crippen LogP contribution in [0.4, 0.5) is 13.2 Å². The van der Waals surface area contributed by atoms with Crippen LogP contribution in [0.2, 0.25) is 0 Å². The molecule has 2 fully saturated rings. The number of nitrogens with one attached hydrogen (secondary N) is 2. The zero-order valence-electron chi connectivity index (χ0n) is 10.4. The first kappa shape index (κ1) is 14.3. The smallest absolute Gasteiger partial charge is 0.302 e. The average Bonchev–Trinajstić information content (AvgIpc) is 2.32. The van der Waals surface area contributed by atoms with Gasteiger partial charge in [-0.3, -0.25) is 14.9 Å². The molecule has 1 saturated heterocycles. The highest BCUT2D eigenvalue weighted by molar-refractivity contribution is 6.00. The van der Waals surface area contributed by atoms with Crippen LogP contribution in [0.5, 0.6) is 0 Å². The molecule has 1 aliphatic heterocycles. The second-order valence-electron chi connectivity index (χ2n) is 5.21. The van der Waals surface area contributed by atoms with Crippen molar-refractivity contribution in [3.63, 3.8) is 0 Å². The van der Waals surface area contributed by atoms with E-state index in [2.05, 4.69) is 10.6 Å². The van der Waals surface area contributed by atoms with Crippen molar-refractivity contribution in [2.24, 2.45) is 5.92 Å². The first-order chi connectivity index (χ1) is 8.88. The number of alkyl halides is 3. The van der Waals surface area contributed by atoms with Crippen molar-refractivity contribution in [2.45, 2.75) is 56.8 Å². The third-order valence-electron chi connectivity index (χ3n) is 3.84. The highest BCUT2D eigenvalue weighted by Gasteiger charge is 2.46. The molecule has 3 unspecified atom stereocenters. The van der Waals surface area contributed by atoms with Gasteiger partial charge in [-0.15, -0.1) is 0 Å². The lowest BCUT2D eigenvalue weighted by molar-refractivity contribution is -0.190. The molecule has 0 aromatic rings. The summed E-state index contributed by atoms with van der Waals surface area (Å²) in [6.07, 6.45) is -1.97. The SMILES string of the molecule is O=C1CCC(NC2CCCCC2C(F)(F)F)C(=O)N1. The minimum atomic E-state index is -4.24. The van der Waals surface area contributed by atoms with Gasteiger partial charge in [0, 0.05) is 12.5 Å². The molecule has 3 atom stereocenters. The van der Waals surface area contributed by atoms with Crippen molar-refractivity contribution in [2.75, 3.05) is 0 Å². The molecule has 0 aromatic heterocycles. The summed E-state index contributed by atoms with van der Waals surface area (Å²) in [5.74, 6) is -2.27. The van der Waals surface area contributed by atoms with Gasteiger partial charge in [0.2, 0.25) is 11.8 Å². The van der Waals surface area contributed by atoms with Gasteiger partial charge in [0.1, 0.15) is 0 Å². The number of halogens is 3. The van der Waals surface area contributed by atoms with Gasteiger partial charge in [-0.05, 0) is 19.3 Å². The zero-order valence-corrected chi connectivity index (χ0v) is 10.4. The number of piperidine rings is 1. The van der Waals surface area contributed by atoms with Gasteiger partial charge in [0.05, 0.1) is 12.0 Å². The maximum atomic E-state index is 12.9. The Morgan fingerprint density at radius 3 is 2.42 bits per heavy atom. The van der Waals surface area contributed by atoms with Crippen LogP contribution < -0.4 is 10.6 Å². The molecule has 0 spiro atoms. The Balaban J connectivity index is 2.00. The molecule has 1 heterocycles. The molecule has 1 aliphatic carbocycles. The molecule has 1 saturated carbocycles. The fourth-order valence-electron chi connectivity index (χ4n) is 2.83. The van der Waals surface area contributed by atoms with E-state index in [1.807, 2.05) is 0 Å². The van der Waals surface area contributed by atoms with Gasteiger partial charge in [0.25, 0.3) is 0 Å². The molecule has 108 valence electrons. The molecule has 4 nitrogen and oxygen atoms in total.